The number of allylic oxidation sites excluding steroid dienone is 1. The van der Waals surface area contributed by atoms with Gasteiger partial charge in [0.05, 0.1) is 81.8 Å². The SMILES string of the molecule is CC(C)CN.CCO.COc1cc(C2OCCO2)c(OCc2cccnc2-c2c(C)cnn2C(C)C)cn1.COc1cc(C2OCCO2)c(OCc2cccnc2C(=O)/C(C)=C/N(C)C)cn1.Cl. The Hall–Kier alpha value is -5.73. The van der Waals surface area contributed by atoms with E-state index in [0.29, 0.717) is 84.6 Å². The van der Waals surface area contributed by atoms with Crippen LogP contribution >= 0.6 is 12.4 Å². The van der Waals surface area contributed by atoms with Crippen LogP contribution in [-0.2, 0) is 32.2 Å². The smallest absolute Gasteiger partial charge is 0.213 e. The lowest BCUT2D eigenvalue weighted by Crippen LogP contribution is -2.13. The molecule has 2 fully saturated rings. The Labute approximate surface area is 406 Å². The lowest BCUT2D eigenvalue weighted by Gasteiger charge is -2.18. The normalized spacial score (nSPS) is 13.6. The van der Waals surface area contributed by atoms with Gasteiger partial charge in [-0.25, -0.2) is 9.97 Å². The topological polar surface area (TPSA) is 210 Å². The van der Waals surface area contributed by atoms with Gasteiger partial charge in [-0.3, -0.25) is 19.4 Å². The van der Waals surface area contributed by atoms with E-state index >= 15 is 0 Å². The number of Topliss-reactive ketones (excluding diaryl/α,β-unsaturated/α-hetero) is 1. The number of ketones is 1. The van der Waals surface area contributed by atoms with Crippen LogP contribution in [0.25, 0.3) is 11.4 Å². The number of aromatic nitrogens is 6. The van der Waals surface area contributed by atoms with Gasteiger partial charge in [0.25, 0.3) is 0 Å². The third kappa shape index (κ3) is 16.5. The summed E-state index contributed by atoms with van der Waals surface area (Å²) in [6, 6.07) is 11.2. The predicted molar refractivity (Wildman–Crippen MR) is 260 cm³/mol. The molecule has 372 valence electrons. The molecule has 7 rings (SSSR count). The minimum absolute atomic E-state index is 0. The first-order chi connectivity index (χ1) is 32.3. The second-order valence-electron chi connectivity index (χ2n) is 16.0. The maximum absolute atomic E-state index is 12.8. The Balaban J connectivity index is 0.000000308. The Morgan fingerprint density at radius 2 is 1.31 bits per heavy atom. The largest absolute Gasteiger partial charge is 0.487 e. The summed E-state index contributed by atoms with van der Waals surface area (Å²) >= 11 is 0. The molecular formula is C49H69ClN8O10. The molecule has 0 atom stereocenters. The molecule has 0 unspecified atom stereocenters. The summed E-state index contributed by atoms with van der Waals surface area (Å²) in [7, 11) is 6.85. The van der Waals surface area contributed by atoms with Crippen molar-refractivity contribution in [3.63, 3.8) is 0 Å². The van der Waals surface area contributed by atoms with Crippen LogP contribution in [0.4, 0.5) is 0 Å². The van der Waals surface area contributed by atoms with Crippen molar-refractivity contribution < 1.29 is 47.8 Å². The van der Waals surface area contributed by atoms with Crippen LogP contribution in [0, 0.1) is 12.8 Å². The minimum atomic E-state index is -0.540. The lowest BCUT2D eigenvalue weighted by atomic mass is 10.1. The zero-order valence-electron chi connectivity index (χ0n) is 41.1. The van der Waals surface area contributed by atoms with Gasteiger partial charge in [0.1, 0.15) is 30.4 Å². The maximum atomic E-state index is 12.8. The van der Waals surface area contributed by atoms with Gasteiger partial charge < -0.3 is 53.6 Å². The van der Waals surface area contributed by atoms with E-state index in [1.807, 2.05) is 55.0 Å². The van der Waals surface area contributed by atoms with E-state index in [1.54, 1.807) is 77.3 Å². The van der Waals surface area contributed by atoms with Crippen molar-refractivity contribution >= 4 is 18.2 Å². The minimum Gasteiger partial charge on any atom is -0.487 e. The number of ether oxygens (including phenoxy) is 8. The quantitative estimate of drug-likeness (QED) is 0.0719. The van der Waals surface area contributed by atoms with Gasteiger partial charge in [0, 0.05) is 74.2 Å². The van der Waals surface area contributed by atoms with E-state index in [1.165, 1.54) is 0 Å². The third-order valence-corrected chi connectivity index (χ3v) is 9.65. The molecule has 2 saturated heterocycles. The summed E-state index contributed by atoms with van der Waals surface area (Å²) in [5.41, 5.74) is 12.1. The molecule has 5 aromatic rings. The van der Waals surface area contributed by atoms with Crippen LogP contribution in [0.3, 0.4) is 0 Å². The van der Waals surface area contributed by atoms with Crippen LogP contribution in [0.5, 0.6) is 23.3 Å². The average Bonchev–Trinajstić information content (AvgIpc) is 4.15. The zero-order valence-corrected chi connectivity index (χ0v) is 41.9. The number of aliphatic hydroxyl groups excluding tert-OH is 1. The molecule has 7 heterocycles. The molecule has 0 amide bonds. The van der Waals surface area contributed by atoms with Crippen molar-refractivity contribution in [1.29, 1.82) is 0 Å². The second-order valence-corrected chi connectivity index (χ2v) is 16.0. The Bertz CT molecular complexity index is 2320. The number of aryl methyl sites for hydroxylation is 1. The van der Waals surface area contributed by atoms with E-state index < -0.39 is 12.6 Å². The fourth-order valence-corrected chi connectivity index (χ4v) is 6.39. The number of pyridine rings is 4. The molecule has 68 heavy (non-hydrogen) atoms. The molecule has 5 aromatic heterocycles. The lowest BCUT2D eigenvalue weighted by molar-refractivity contribution is -0.0463. The first-order valence-corrected chi connectivity index (χ1v) is 22.2. The highest BCUT2D eigenvalue weighted by Crippen LogP contribution is 2.36. The highest BCUT2D eigenvalue weighted by Gasteiger charge is 2.26. The van der Waals surface area contributed by atoms with E-state index in [0.717, 1.165) is 34.6 Å². The van der Waals surface area contributed by atoms with Crippen LogP contribution in [-0.4, -0.2) is 113 Å². The van der Waals surface area contributed by atoms with Gasteiger partial charge in [0.15, 0.2) is 12.6 Å². The summed E-state index contributed by atoms with van der Waals surface area (Å²) in [5, 5.41) is 12.1. The molecule has 0 spiro atoms. The summed E-state index contributed by atoms with van der Waals surface area (Å²) in [4.78, 5) is 32.0. The second kappa shape index (κ2) is 29.2. The fourth-order valence-electron chi connectivity index (χ4n) is 6.39. The summed E-state index contributed by atoms with van der Waals surface area (Å²) in [6.45, 7) is 17.5. The molecule has 0 aromatic carbocycles. The van der Waals surface area contributed by atoms with Crippen molar-refractivity contribution in [3.05, 3.63) is 113 Å². The molecule has 0 saturated carbocycles. The van der Waals surface area contributed by atoms with Crippen LogP contribution in [0.15, 0.2) is 79.2 Å². The van der Waals surface area contributed by atoms with E-state index in [2.05, 4.69) is 52.7 Å². The van der Waals surface area contributed by atoms with E-state index in [9.17, 15) is 4.79 Å². The van der Waals surface area contributed by atoms with Gasteiger partial charge in [0.2, 0.25) is 17.5 Å². The number of nitrogens with two attached hydrogens (primary N) is 1. The fraction of sp³-hybridized carbons (Fsp3) is 0.469. The summed E-state index contributed by atoms with van der Waals surface area (Å²) in [6.07, 6.45) is 9.19. The average molecular weight is 966 g/mol. The maximum Gasteiger partial charge on any atom is 0.213 e. The zero-order chi connectivity index (χ0) is 48.9. The standard InChI is InChI=1S/C22H26N4O4.C21H25N3O5.C4H11N.C2H6O.ClH/c1-14(2)26-21(15(3)11-25-26)20-16(6-5-7-23-20)13-30-18-12-24-19(27-4)10-17(18)22-28-8-9-29-22;1-14(12-24(2)3)20(25)19-15(6-5-7-22-19)13-29-17-11-23-18(26-4)10-16(17)21-27-8-9-28-21;1-4(2)3-5;1-2-3;/h5-7,10-12,14,22H,8-9,13H2,1-4H3;5-7,10-12,21H,8-9,13H2,1-4H3;4H,3,5H2,1-2H3;3H,2H2,1H3;1H/b;14-12+;;;. The molecule has 0 aliphatic carbocycles. The molecule has 0 radical (unpaired) electrons. The van der Waals surface area contributed by atoms with Crippen molar-refractivity contribution in [3.8, 4) is 34.6 Å². The molecule has 18 nitrogen and oxygen atoms in total. The molecule has 2 aliphatic heterocycles. The number of aliphatic hydroxyl groups is 1. The van der Waals surface area contributed by atoms with Crippen molar-refractivity contribution in [2.24, 2.45) is 11.7 Å². The number of carbonyl (C=O) groups excluding carboxylic acids is 1. The summed E-state index contributed by atoms with van der Waals surface area (Å²) in [5.74, 6) is 2.53. The van der Waals surface area contributed by atoms with Gasteiger partial charge in [-0.2, -0.15) is 5.10 Å². The van der Waals surface area contributed by atoms with E-state index in [-0.39, 0.29) is 37.4 Å². The Morgan fingerprint density at radius 1 is 0.838 bits per heavy atom. The highest BCUT2D eigenvalue weighted by molar-refractivity contribution is 6.07. The Kier molecular flexibility index (Phi) is 24.3. The molecular weight excluding hydrogens is 896 g/mol. The first kappa shape index (κ1) is 56.6. The Morgan fingerprint density at radius 3 is 1.76 bits per heavy atom. The number of hydrogen-bond acceptors (Lipinski definition) is 17. The monoisotopic (exact) mass is 964 g/mol. The number of hydrogen-bond donors (Lipinski definition) is 2. The van der Waals surface area contributed by atoms with Crippen LogP contribution in [0.2, 0.25) is 0 Å². The van der Waals surface area contributed by atoms with Gasteiger partial charge >= 0.3 is 0 Å². The van der Waals surface area contributed by atoms with Crippen molar-refractivity contribution in [2.75, 3.05) is 67.9 Å². The number of methoxy groups -OCH3 is 2. The van der Waals surface area contributed by atoms with Crippen molar-refractivity contribution in [1.82, 2.24) is 34.6 Å². The van der Waals surface area contributed by atoms with Crippen LogP contribution < -0.4 is 24.7 Å². The molecule has 19 heteroatoms. The molecule has 0 bridgehead atoms. The number of nitrogens with zero attached hydrogens (tertiary/aromatic N) is 7. The molecule has 3 N–H and O–H groups in total. The third-order valence-electron chi connectivity index (χ3n) is 9.65. The number of carbonyl (C=O) groups is 1. The number of rotatable bonds is 16. The van der Waals surface area contributed by atoms with Gasteiger partial charge in [-0.1, -0.05) is 26.0 Å². The summed E-state index contributed by atoms with van der Waals surface area (Å²) < 4.78 is 47.1. The molecule has 2 aliphatic rings. The van der Waals surface area contributed by atoms with E-state index in [4.69, 9.17) is 48.7 Å². The highest BCUT2D eigenvalue weighted by atomic mass is 35.5. The number of halogens is 1. The first-order valence-electron chi connectivity index (χ1n) is 22.2. The van der Waals surface area contributed by atoms with Crippen LogP contribution in [0.1, 0.15) is 98.5 Å². The van der Waals surface area contributed by atoms with Crippen molar-refractivity contribution in [2.45, 2.75) is 80.3 Å². The van der Waals surface area contributed by atoms with Gasteiger partial charge in [-0.05, 0) is 64.8 Å². The predicted octanol–water partition coefficient (Wildman–Crippen LogP) is 7.64. The van der Waals surface area contributed by atoms with Gasteiger partial charge in [-0.15, -0.1) is 12.4 Å².